The molecular weight excluding hydrogens is 486 g/mol. The van der Waals surface area contributed by atoms with Crippen LogP contribution in [0.2, 0.25) is 0 Å². The molecular formula is C34H43NO4. The number of hydrogen-bond donors (Lipinski definition) is 1. The Hall–Kier alpha value is -2.70. The van der Waals surface area contributed by atoms with Gasteiger partial charge in [-0.05, 0) is 66.1 Å². The van der Waals surface area contributed by atoms with Crippen molar-refractivity contribution in [3.63, 3.8) is 0 Å². The molecule has 0 amide bonds. The Morgan fingerprint density at radius 2 is 1.59 bits per heavy atom. The topological polar surface area (TPSA) is 49.0 Å². The van der Waals surface area contributed by atoms with Crippen molar-refractivity contribution in [3.05, 3.63) is 101 Å². The van der Waals surface area contributed by atoms with Gasteiger partial charge in [0.25, 0.3) is 0 Å². The summed E-state index contributed by atoms with van der Waals surface area (Å²) in [5.74, 6) is 1.95. The lowest BCUT2D eigenvalue weighted by molar-refractivity contribution is 0.0102. The fraction of sp³-hybridized carbons (Fsp3) is 0.471. The summed E-state index contributed by atoms with van der Waals surface area (Å²) < 4.78 is 24.0. The van der Waals surface area contributed by atoms with E-state index in [0.717, 1.165) is 31.7 Å². The van der Waals surface area contributed by atoms with Crippen molar-refractivity contribution in [3.8, 4) is 5.75 Å². The van der Waals surface area contributed by atoms with Crippen LogP contribution < -0.4 is 10.1 Å². The average Bonchev–Trinajstić information content (AvgIpc) is 2.97. The van der Waals surface area contributed by atoms with E-state index in [1.807, 2.05) is 25.3 Å². The quantitative estimate of drug-likeness (QED) is 0.232. The van der Waals surface area contributed by atoms with Gasteiger partial charge in [-0.25, -0.2) is 0 Å². The van der Waals surface area contributed by atoms with Gasteiger partial charge in [0.05, 0.1) is 38.6 Å². The highest BCUT2D eigenvalue weighted by molar-refractivity contribution is 5.31. The highest BCUT2D eigenvalue weighted by Gasteiger charge is 2.29. The summed E-state index contributed by atoms with van der Waals surface area (Å²) in [7, 11) is 1.83. The summed E-state index contributed by atoms with van der Waals surface area (Å²) in [4.78, 5) is 0. The number of benzene rings is 3. The van der Waals surface area contributed by atoms with E-state index in [2.05, 4.69) is 66.0 Å². The van der Waals surface area contributed by atoms with Gasteiger partial charge in [0.1, 0.15) is 5.75 Å². The third kappa shape index (κ3) is 7.92. The Balaban J connectivity index is 1.06. The van der Waals surface area contributed by atoms with Gasteiger partial charge in [-0.1, -0.05) is 73.2 Å². The van der Waals surface area contributed by atoms with Gasteiger partial charge in [0.2, 0.25) is 0 Å². The standard InChI is InChI=1S/C34H43NO4/c1-36-34(29-9-5-10-29)30-13-11-27(12-14-30)25-39-33-23-35-20-19-32(33)28-15-17-31(18-16-28)38-22-6-21-37-24-26-7-3-2-4-8-26/h2-4,7-8,11-18,29,32-35H,5-6,9-10,19-25H2,1H3. The number of methoxy groups -OCH3 is 1. The normalized spacial score (nSPS) is 20.3. The van der Waals surface area contributed by atoms with E-state index >= 15 is 0 Å². The molecule has 3 atom stereocenters. The van der Waals surface area contributed by atoms with E-state index in [4.69, 9.17) is 18.9 Å². The summed E-state index contributed by atoms with van der Waals surface area (Å²) in [6.07, 6.45) is 6.18. The molecule has 1 heterocycles. The molecule has 2 aliphatic rings. The number of ether oxygens (including phenoxy) is 4. The third-order valence-corrected chi connectivity index (χ3v) is 8.15. The minimum absolute atomic E-state index is 0.147. The van der Waals surface area contributed by atoms with E-state index in [1.165, 1.54) is 41.5 Å². The molecule has 1 aliphatic heterocycles. The maximum atomic E-state index is 6.47. The fourth-order valence-electron chi connectivity index (χ4n) is 5.66. The second-order valence-electron chi connectivity index (χ2n) is 10.8. The maximum absolute atomic E-state index is 6.47. The largest absolute Gasteiger partial charge is 0.494 e. The van der Waals surface area contributed by atoms with Crippen molar-refractivity contribution < 1.29 is 18.9 Å². The summed E-state index contributed by atoms with van der Waals surface area (Å²) in [6.45, 7) is 4.50. The zero-order valence-electron chi connectivity index (χ0n) is 23.2. The molecule has 5 rings (SSSR count). The number of nitrogens with one attached hydrogen (secondary N) is 1. The Morgan fingerprint density at radius 1 is 0.821 bits per heavy atom. The van der Waals surface area contributed by atoms with Crippen LogP contribution in [-0.4, -0.2) is 39.5 Å². The lowest BCUT2D eigenvalue weighted by atomic mass is 9.78. The minimum Gasteiger partial charge on any atom is -0.494 e. The van der Waals surface area contributed by atoms with E-state index in [-0.39, 0.29) is 12.2 Å². The molecule has 0 radical (unpaired) electrons. The molecule has 39 heavy (non-hydrogen) atoms. The third-order valence-electron chi connectivity index (χ3n) is 8.15. The van der Waals surface area contributed by atoms with Crippen molar-refractivity contribution in [2.24, 2.45) is 5.92 Å². The van der Waals surface area contributed by atoms with Crippen LogP contribution in [0.1, 0.15) is 66.4 Å². The minimum atomic E-state index is 0.147. The van der Waals surface area contributed by atoms with Crippen molar-refractivity contribution in [1.82, 2.24) is 5.32 Å². The zero-order valence-corrected chi connectivity index (χ0v) is 23.2. The van der Waals surface area contributed by atoms with Gasteiger partial charge in [0, 0.05) is 26.0 Å². The average molecular weight is 530 g/mol. The predicted octanol–water partition coefficient (Wildman–Crippen LogP) is 6.82. The monoisotopic (exact) mass is 529 g/mol. The first-order chi connectivity index (χ1) is 19.3. The van der Waals surface area contributed by atoms with Gasteiger partial charge in [0.15, 0.2) is 0 Å². The molecule has 0 aromatic heterocycles. The summed E-state index contributed by atoms with van der Waals surface area (Å²) in [6, 6.07) is 27.7. The van der Waals surface area contributed by atoms with Crippen molar-refractivity contribution in [2.75, 3.05) is 33.4 Å². The fourth-order valence-corrected chi connectivity index (χ4v) is 5.66. The summed E-state index contributed by atoms with van der Waals surface area (Å²) in [5, 5.41) is 3.52. The second kappa shape index (κ2) is 14.6. The van der Waals surface area contributed by atoms with Gasteiger partial charge in [-0.2, -0.15) is 0 Å². The summed E-state index contributed by atoms with van der Waals surface area (Å²) in [5.41, 5.74) is 5.01. The molecule has 3 aromatic rings. The Kier molecular flexibility index (Phi) is 10.4. The molecule has 0 spiro atoms. The van der Waals surface area contributed by atoms with E-state index < -0.39 is 0 Å². The highest BCUT2D eigenvalue weighted by Crippen LogP contribution is 2.39. The maximum Gasteiger partial charge on any atom is 0.119 e. The molecule has 5 nitrogen and oxygen atoms in total. The lowest BCUT2D eigenvalue weighted by Crippen LogP contribution is -2.40. The van der Waals surface area contributed by atoms with E-state index in [1.54, 1.807) is 0 Å². The molecule has 2 fully saturated rings. The Bertz CT molecular complexity index is 1100. The van der Waals surface area contributed by atoms with Gasteiger partial charge in [-0.3, -0.25) is 0 Å². The second-order valence-corrected chi connectivity index (χ2v) is 10.8. The molecule has 1 N–H and O–H groups in total. The smallest absolute Gasteiger partial charge is 0.119 e. The van der Waals surface area contributed by atoms with E-state index in [9.17, 15) is 0 Å². The van der Waals surface area contributed by atoms with E-state index in [0.29, 0.717) is 38.3 Å². The predicted molar refractivity (Wildman–Crippen MR) is 155 cm³/mol. The van der Waals surface area contributed by atoms with Crippen molar-refractivity contribution >= 4 is 0 Å². The van der Waals surface area contributed by atoms with Gasteiger partial charge < -0.3 is 24.3 Å². The van der Waals surface area contributed by atoms with Crippen LogP contribution in [-0.2, 0) is 27.4 Å². The van der Waals surface area contributed by atoms with Crippen LogP contribution in [0.25, 0.3) is 0 Å². The first-order valence-corrected chi connectivity index (χ1v) is 14.6. The molecule has 0 bridgehead atoms. The summed E-state index contributed by atoms with van der Waals surface area (Å²) >= 11 is 0. The van der Waals surface area contributed by atoms with Crippen LogP contribution >= 0.6 is 0 Å². The lowest BCUT2D eigenvalue weighted by Gasteiger charge is -2.33. The molecule has 1 aliphatic carbocycles. The van der Waals surface area contributed by atoms with Crippen molar-refractivity contribution in [1.29, 1.82) is 0 Å². The molecule has 208 valence electrons. The SMILES string of the molecule is COC(c1ccc(COC2CNCCC2c2ccc(OCCCOCc3ccccc3)cc2)cc1)C1CCC1. The number of rotatable bonds is 14. The van der Waals surface area contributed by atoms with Crippen LogP contribution in [0.5, 0.6) is 5.75 Å². The van der Waals surface area contributed by atoms with Crippen LogP contribution in [0.3, 0.4) is 0 Å². The first kappa shape index (κ1) is 27.9. The molecule has 5 heteroatoms. The molecule has 1 saturated carbocycles. The number of hydrogen-bond acceptors (Lipinski definition) is 5. The van der Waals surface area contributed by atoms with Crippen LogP contribution in [0, 0.1) is 5.92 Å². The number of piperidine rings is 1. The zero-order chi connectivity index (χ0) is 26.7. The Labute approximate surface area is 233 Å². The van der Waals surface area contributed by atoms with Crippen molar-refractivity contribution in [2.45, 2.75) is 63.4 Å². The highest BCUT2D eigenvalue weighted by atomic mass is 16.5. The Morgan fingerprint density at radius 3 is 2.31 bits per heavy atom. The molecule has 3 aromatic carbocycles. The van der Waals surface area contributed by atoms with Crippen LogP contribution in [0.4, 0.5) is 0 Å². The van der Waals surface area contributed by atoms with Gasteiger partial charge >= 0.3 is 0 Å². The van der Waals surface area contributed by atoms with Gasteiger partial charge in [-0.15, -0.1) is 0 Å². The van der Waals surface area contributed by atoms with Crippen LogP contribution in [0.15, 0.2) is 78.9 Å². The first-order valence-electron chi connectivity index (χ1n) is 14.6. The molecule has 3 unspecified atom stereocenters. The molecule has 1 saturated heterocycles.